The molecule has 0 radical (unpaired) electrons. The summed E-state index contributed by atoms with van der Waals surface area (Å²) in [6.07, 6.45) is 2.10. The van der Waals surface area contributed by atoms with Crippen LogP contribution >= 0.6 is 0 Å². The molecule has 2 rings (SSSR count). The fourth-order valence-electron chi connectivity index (χ4n) is 2.19. The van der Waals surface area contributed by atoms with Crippen molar-refractivity contribution in [3.63, 3.8) is 0 Å². The third kappa shape index (κ3) is 2.02. The number of carbonyl (C=O) groups excluding carboxylic acids is 1. The predicted octanol–water partition coefficient (Wildman–Crippen LogP) is 3.91. The van der Waals surface area contributed by atoms with Crippen LogP contribution in [0.2, 0.25) is 25.7 Å². The minimum absolute atomic E-state index is 0.251. The molecule has 0 unspecified atom stereocenters. The van der Waals surface area contributed by atoms with Gasteiger partial charge in [-0.05, 0) is 35.7 Å². The average Bonchev–Trinajstić information content (AvgIpc) is 2.44. The van der Waals surface area contributed by atoms with Gasteiger partial charge in [0, 0.05) is 13.6 Å². The maximum absolute atomic E-state index is 12.2. The van der Waals surface area contributed by atoms with Crippen LogP contribution in [0.5, 0.6) is 0 Å². The number of carbonyl (C=O) groups is 1. The number of fused-ring (bicyclic) bond motifs is 1. The van der Waals surface area contributed by atoms with Crippen LogP contribution in [-0.2, 0) is 0 Å². The van der Waals surface area contributed by atoms with Gasteiger partial charge in [-0.15, -0.1) is 0 Å². The molecular formula is C14H18OSi. The van der Waals surface area contributed by atoms with E-state index in [0.29, 0.717) is 0 Å². The van der Waals surface area contributed by atoms with Crippen molar-refractivity contribution >= 4 is 19.9 Å². The summed E-state index contributed by atoms with van der Waals surface area (Å²) in [4.78, 5) is 12.2. The van der Waals surface area contributed by atoms with Gasteiger partial charge in [-0.3, -0.25) is 4.79 Å². The van der Waals surface area contributed by atoms with Gasteiger partial charge in [-0.2, -0.15) is 0 Å². The van der Waals surface area contributed by atoms with Crippen LogP contribution in [0.3, 0.4) is 0 Å². The second-order valence-corrected chi connectivity index (χ2v) is 11.2. The van der Waals surface area contributed by atoms with Crippen LogP contribution in [-0.4, -0.2) is 13.9 Å². The first-order valence-corrected chi connectivity index (χ1v) is 9.44. The Hall–Kier alpha value is -1.15. The highest BCUT2D eigenvalue weighted by atomic mass is 28.3. The fraction of sp³-hybridized carbons (Fsp3) is 0.357. The Morgan fingerprint density at radius 1 is 1.19 bits per heavy atom. The van der Waals surface area contributed by atoms with Crippen LogP contribution in [0.1, 0.15) is 21.5 Å². The van der Waals surface area contributed by atoms with Gasteiger partial charge in [0.2, 0.25) is 0 Å². The summed E-state index contributed by atoms with van der Waals surface area (Å²) >= 11 is 0. The highest BCUT2D eigenvalue weighted by Crippen LogP contribution is 2.32. The van der Waals surface area contributed by atoms with E-state index in [1.807, 2.05) is 12.1 Å². The lowest BCUT2D eigenvalue weighted by atomic mass is 10.0. The van der Waals surface area contributed by atoms with E-state index in [9.17, 15) is 4.79 Å². The van der Waals surface area contributed by atoms with Crippen molar-refractivity contribution in [2.24, 2.45) is 0 Å². The van der Waals surface area contributed by atoms with E-state index in [1.54, 1.807) is 0 Å². The molecule has 84 valence electrons. The summed E-state index contributed by atoms with van der Waals surface area (Å²) < 4.78 is 0. The molecule has 0 N–H and O–H groups in total. The van der Waals surface area contributed by atoms with Gasteiger partial charge in [0.25, 0.3) is 0 Å². The average molecular weight is 230 g/mol. The summed E-state index contributed by atoms with van der Waals surface area (Å²) in [7, 11) is -1.21. The van der Waals surface area contributed by atoms with Crippen molar-refractivity contribution in [3.8, 4) is 0 Å². The van der Waals surface area contributed by atoms with Crippen LogP contribution in [0, 0.1) is 6.92 Å². The normalized spacial score (nSPS) is 15.0. The highest BCUT2D eigenvalue weighted by Gasteiger charge is 2.27. The smallest absolute Gasteiger partial charge is 0.189 e. The molecule has 1 aliphatic carbocycles. The Kier molecular flexibility index (Phi) is 2.62. The molecule has 0 atom stereocenters. The molecule has 1 aliphatic rings. The number of ketones is 1. The fourth-order valence-corrected chi connectivity index (χ4v) is 3.59. The minimum atomic E-state index is -1.21. The van der Waals surface area contributed by atoms with Crippen molar-refractivity contribution in [3.05, 3.63) is 40.5 Å². The van der Waals surface area contributed by atoms with E-state index in [4.69, 9.17) is 0 Å². The van der Waals surface area contributed by atoms with Gasteiger partial charge < -0.3 is 0 Å². The van der Waals surface area contributed by atoms with Gasteiger partial charge >= 0.3 is 0 Å². The van der Waals surface area contributed by atoms with Gasteiger partial charge in [0.05, 0.1) is 0 Å². The third-order valence-corrected chi connectivity index (χ3v) is 4.34. The lowest BCUT2D eigenvalue weighted by molar-refractivity contribution is 0.103. The number of hydrogen-bond donors (Lipinski definition) is 0. The van der Waals surface area contributed by atoms with E-state index >= 15 is 0 Å². The highest BCUT2D eigenvalue weighted by molar-refractivity contribution is 6.77. The molecule has 1 nitrogen and oxygen atoms in total. The largest absolute Gasteiger partial charge is 0.289 e. The van der Waals surface area contributed by atoms with Crippen LogP contribution in [0.15, 0.2) is 23.8 Å². The number of allylic oxidation sites excluding steroid dienone is 1. The molecule has 0 aromatic heterocycles. The second kappa shape index (κ2) is 3.70. The Morgan fingerprint density at radius 3 is 2.44 bits per heavy atom. The summed E-state index contributed by atoms with van der Waals surface area (Å²) in [6, 6.07) is 6.97. The monoisotopic (exact) mass is 230 g/mol. The quantitative estimate of drug-likeness (QED) is 0.704. The number of Topliss-reactive ketones (excluding diaryl/α,β-unsaturated/α-hetero) is 1. The van der Waals surface area contributed by atoms with Gasteiger partial charge in [0.15, 0.2) is 5.78 Å². The molecule has 0 saturated carbocycles. The number of aryl methyl sites for hydroxylation is 1. The SMILES string of the molecule is Cc1cccc2c1C=C(C[Si](C)(C)C)C2=O. The van der Waals surface area contributed by atoms with Crippen molar-refractivity contribution in [1.82, 2.24) is 0 Å². The Morgan fingerprint density at radius 2 is 1.88 bits per heavy atom. The minimum Gasteiger partial charge on any atom is -0.289 e. The maximum Gasteiger partial charge on any atom is 0.189 e. The van der Waals surface area contributed by atoms with Gasteiger partial charge in [-0.1, -0.05) is 37.8 Å². The van der Waals surface area contributed by atoms with Crippen molar-refractivity contribution in [2.45, 2.75) is 32.6 Å². The second-order valence-electron chi connectivity index (χ2n) is 5.77. The Bertz CT molecular complexity index is 478. The van der Waals surface area contributed by atoms with Crippen molar-refractivity contribution in [2.75, 3.05) is 0 Å². The molecule has 0 amide bonds. The molecule has 0 bridgehead atoms. The molecule has 2 heteroatoms. The summed E-state index contributed by atoms with van der Waals surface area (Å²) in [5.41, 5.74) is 4.26. The van der Waals surface area contributed by atoms with Crippen LogP contribution in [0.4, 0.5) is 0 Å². The first-order chi connectivity index (χ1) is 7.38. The van der Waals surface area contributed by atoms with E-state index < -0.39 is 8.07 Å². The molecule has 0 aliphatic heterocycles. The maximum atomic E-state index is 12.2. The zero-order valence-electron chi connectivity index (χ0n) is 10.4. The zero-order chi connectivity index (χ0) is 11.9. The Labute approximate surface area is 98.2 Å². The molecule has 0 saturated heterocycles. The standard InChI is InChI=1S/C14H18OSi/c1-10-6-5-7-12-13(10)8-11(14(12)15)9-16(2,3)4/h5-8H,9H2,1-4H3. The lowest BCUT2D eigenvalue weighted by Crippen LogP contribution is -2.21. The summed E-state index contributed by atoms with van der Waals surface area (Å²) in [6.45, 7) is 8.98. The van der Waals surface area contributed by atoms with E-state index in [0.717, 1.165) is 22.7 Å². The van der Waals surface area contributed by atoms with Crippen LogP contribution < -0.4 is 0 Å². The molecule has 1 aromatic rings. The molecule has 1 aromatic carbocycles. The molecule has 16 heavy (non-hydrogen) atoms. The lowest BCUT2D eigenvalue weighted by Gasteiger charge is -2.15. The Balaban J connectivity index is 2.39. The van der Waals surface area contributed by atoms with E-state index in [1.165, 1.54) is 5.56 Å². The van der Waals surface area contributed by atoms with E-state index in [2.05, 4.69) is 38.7 Å². The van der Waals surface area contributed by atoms with Gasteiger partial charge in [-0.25, -0.2) is 0 Å². The number of benzene rings is 1. The van der Waals surface area contributed by atoms with Crippen LogP contribution in [0.25, 0.3) is 6.08 Å². The molecule has 0 heterocycles. The van der Waals surface area contributed by atoms with Crippen molar-refractivity contribution in [1.29, 1.82) is 0 Å². The predicted molar refractivity (Wildman–Crippen MR) is 71.6 cm³/mol. The van der Waals surface area contributed by atoms with Crippen molar-refractivity contribution < 1.29 is 4.79 Å². The zero-order valence-corrected chi connectivity index (χ0v) is 11.4. The van der Waals surface area contributed by atoms with E-state index in [-0.39, 0.29) is 5.78 Å². The topological polar surface area (TPSA) is 17.1 Å². The molecular weight excluding hydrogens is 212 g/mol. The third-order valence-electron chi connectivity index (χ3n) is 2.90. The number of hydrogen-bond acceptors (Lipinski definition) is 1. The molecule has 0 spiro atoms. The van der Waals surface area contributed by atoms with Gasteiger partial charge in [0.1, 0.15) is 0 Å². The summed E-state index contributed by atoms with van der Waals surface area (Å²) in [5.74, 6) is 0.251. The first-order valence-electron chi connectivity index (χ1n) is 5.73. The number of rotatable bonds is 2. The molecule has 0 fully saturated rings. The summed E-state index contributed by atoms with van der Waals surface area (Å²) in [5, 5.41) is 0. The first kappa shape index (κ1) is 11.3.